The lowest BCUT2D eigenvalue weighted by atomic mass is 10.0. The summed E-state index contributed by atoms with van der Waals surface area (Å²) < 4.78 is 47.6. The van der Waals surface area contributed by atoms with E-state index in [-0.39, 0.29) is 30.3 Å². The number of carbonyl (C=O) groups is 2. The second-order valence-corrected chi connectivity index (χ2v) is 12.7. The number of carbonyl (C=O) groups excluding carboxylic acids is 2. The molecular weight excluding hydrogens is 586 g/mol. The molecule has 0 saturated carbocycles. The molecule has 2 aromatic carbocycles. The number of halogens is 5. The molecule has 220 valence electrons. The molecule has 1 atom stereocenters. The first-order valence-corrected chi connectivity index (χ1v) is 14.6. The molecule has 2 amide bonds. The van der Waals surface area contributed by atoms with E-state index in [1.807, 2.05) is 11.8 Å². The molecule has 1 saturated heterocycles. The monoisotopic (exact) mass is 619 g/mol. The van der Waals surface area contributed by atoms with Crippen LogP contribution in [0, 0.1) is 0 Å². The van der Waals surface area contributed by atoms with Gasteiger partial charge in [0.2, 0.25) is 0 Å². The van der Waals surface area contributed by atoms with E-state index in [4.69, 9.17) is 27.9 Å². The molecule has 1 fully saturated rings. The van der Waals surface area contributed by atoms with Crippen LogP contribution in [-0.4, -0.2) is 59.3 Å². The number of amides is 2. The van der Waals surface area contributed by atoms with Gasteiger partial charge in [-0.2, -0.15) is 13.2 Å². The average Bonchev–Trinajstić information content (AvgIpc) is 3.30. The van der Waals surface area contributed by atoms with Gasteiger partial charge in [0.25, 0.3) is 5.91 Å². The number of ether oxygens (including phenoxy) is 1. The fourth-order valence-corrected chi connectivity index (χ4v) is 5.95. The number of hydrogen-bond acceptors (Lipinski definition) is 5. The first-order valence-electron chi connectivity index (χ1n) is 12.9. The highest BCUT2D eigenvalue weighted by atomic mass is 35.5. The van der Waals surface area contributed by atoms with Crippen molar-refractivity contribution in [2.45, 2.75) is 69.9 Å². The summed E-state index contributed by atoms with van der Waals surface area (Å²) in [5, 5.41) is 3.54. The van der Waals surface area contributed by atoms with Gasteiger partial charge < -0.3 is 15.0 Å². The van der Waals surface area contributed by atoms with E-state index in [2.05, 4.69) is 5.32 Å². The second-order valence-electron chi connectivity index (χ2n) is 10.6. The van der Waals surface area contributed by atoms with E-state index in [9.17, 15) is 22.8 Å². The van der Waals surface area contributed by atoms with E-state index in [1.165, 1.54) is 28.8 Å². The number of hydrogen-bond donors (Lipinski definition) is 1. The van der Waals surface area contributed by atoms with Crippen LogP contribution in [0.3, 0.4) is 0 Å². The lowest BCUT2D eigenvalue weighted by Gasteiger charge is -2.28. The molecule has 0 radical (unpaired) electrons. The number of likely N-dealkylation sites (tertiary alicyclic amines) is 1. The zero-order valence-corrected chi connectivity index (χ0v) is 25.5. The molecule has 1 aliphatic rings. The summed E-state index contributed by atoms with van der Waals surface area (Å²) in [6, 6.07) is 6.74. The van der Waals surface area contributed by atoms with Crippen molar-refractivity contribution in [1.29, 1.82) is 0 Å². The number of likely N-dealkylation sites (N-methyl/N-ethyl adjacent to an activating group) is 1. The topological polar surface area (TPSA) is 61.9 Å². The standard InChI is InChI=1S/C28H34Cl2F3N3O3S/c1-6-40-24-19(11-20(29)13-23(24)30)14-34-25(37)17-7-8-18(22(12-17)28(31,32)33)15-36-10-9-21(16-36)35(5)26(38)39-27(2,3)4/h7-8,11-13,21H,6,9-10,14-16H2,1-5H3,(H,34,37). The fraction of sp³-hybridized carbons (Fsp3) is 0.500. The Morgan fingerprint density at radius 2 is 1.85 bits per heavy atom. The Balaban J connectivity index is 1.72. The molecule has 6 nitrogen and oxygen atoms in total. The zero-order valence-electron chi connectivity index (χ0n) is 23.1. The van der Waals surface area contributed by atoms with E-state index >= 15 is 0 Å². The van der Waals surface area contributed by atoms with E-state index < -0.39 is 29.3 Å². The van der Waals surface area contributed by atoms with Crippen molar-refractivity contribution in [2.24, 2.45) is 0 Å². The van der Waals surface area contributed by atoms with Gasteiger partial charge in [-0.1, -0.05) is 36.2 Å². The molecule has 40 heavy (non-hydrogen) atoms. The summed E-state index contributed by atoms with van der Waals surface area (Å²) in [6.45, 7) is 8.32. The molecule has 1 heterocycles. The SMILES string of the molecule is CCSc1c(Cl)cc(Cl)cc1CNC(=O)c1ccc(CN2CCC(N(C)C(=O)OC(C)(C)C)C2)c(C(F)(F)F)c1. The number of nitrogens with one attached hydrogen (secondary N) is 1. The van der Waals surface area contributed by atoms with Crippen LogP contribution in [0.1, 0.15) is 61.2 Å². The Labute approximate surface area is 247 Å². The molecule has 0 spiro atoms. The van der Waals surface area contributed by atoms with Crippen molar-refractivity contribution in [1.82, 2.24) is 15.1 Å². The summed E-state index contributed by atoms with van der Waals surface area (Å²) in [7, 11) is 1.64. The number of rotatable bonds is 8. The molecule has 1 aliphatic heterocycles. The van der Waals surface area contributed by atoms with Crippen molar-refractivity contribution in [3.63, 3.8) is 0 Å². The van der Waals surface area contributed by atoms with E-state index in [0.29, 0.717) is 35.1 Å². The van der Waals surface area contributed by atoms with Crippen LogP contribution in [-0.2, 0) is 24.0 Å². The molecule has 3 rings (SSSR count). The number of thioether (sulfide) groups is 1. The number of benzene rings is 2. The van der Waals surface area contributed by atoms with Crippen LogP contribution in [0.25, 0.3) is 0 Å². The minimum Gasteiger partial charge on any atom is -0.444 e. The van der Waals surface area contributed by atoms with Gasteiger partial charge in [-0.25, -0.2) is 4.79 Å². The molecule has 0 bridgehead atoms. The summed E-state index contributed by atoms with van der Waals surface area (Å²) in [6.07, 6.45) is -4.50. The van der Waals surface area contributed by atoms with Crippen molar-refractivity contribution in [3.8, 4) is 0 Å². The maximum atomic E-state index is 14.1. The molecule has 2 aromatic rings. The smallest absolute Gasteiger partial charge is 0.416 e. The van der Waals surface area contributed by atoms with E-state index in [1.54, 1.807) is 40.0 Å². The van der Waals surface area contributed by atoms with Crippen LogP contribution < -0.4 is 5.32 Å². The zero-order chi connectivity index (χ0) is 29.8. The Morgan fingerprint density at radius 3 is 2.48 bits per heavy atom. The fourth-order valence-electron chi connectivity index (χ4n) is 4.44. The second kappa shape index (κ2) is 13.2. The minimum atomic E-state index is -4.65. The van der Waals surface area contributed by atoms with Crippen LogP contribution in [0.4, 0.5) is 18.0 Å². The van der Waals surface area contributed by atoms with Crippen LogP contribution >= 0.6 is 35.0 Å². The lowest BCUT2D eigenvalue weighted by molar-refractivity contribution is -0.138. The molecule has 0 aromatic heterocycles. The average molecular weight is 621 g/mol. The van der Waals surface area contributed by atoms with Crippen LogP contribution in [0.5, 0.6) is 0 Å². The van der Waals surface area contributed by atoms with Gasteiger partial charge in [-0.15, -0.1) is 11.8 Å². The van der Waals surface area contributed by atoms with Crippen LogP contribution in [0.15, 0.2) is 35.2 Å². The first-order chi connectivity index (χ1) is 18.6. The minimum absolute atomic E-state index is 0.0357. The van der Waals surface area contributed by atoms with Gasteiger partial charge >= 0.3 is 12.3 Å². The van der Waals surface area contributed by atoms with Gasteiger partial charge in [0.15, 0.2) is 0 Å². The predicted octanol–water partition coefficient (Wildman–Crippen LogP) is 7.50. The Hall–Kier alpha value is -2.14. The Kier molecular flexibility index (Phi) is 10.7. The van der Waals surface area contributed by atoms with Crippen LogP contribution in [0.2, 0.25) is 10.0 Å². The summed E-state index contributed by atoms with van der Waals surface area (Å²) in [5.74, 6) is 0.106. The Morgan fingerprint density at radius 1 is 1.15 bits per heavy atom. The van der Waals surface area contributed by atoms with Crippen molar-refractivity contribution in [2.75, 3.05) is 25.9 Å². The number of alkyl halides is 3. The first kappa shape index (κ1) is 32.4. The van der Waals surface area contributed by atoms with Crippen molar-refractivity contribution in [3.05, 3.63) is 62.6 Å². The highest BCUT2D eigenvalue weighted by Gasteiger charge is 2.36. The third-order valence-corrected chi connectivity index (χ3v) is 8.05. The summed E-state index contributed by atoms with van der Waals surface area (Å²) in [5.41, 5.74) is -0.856. The van der Waals surface area contributed by atoms with Gasteiger partial charge in [0, 0.05) is 54.8 Å². The van der Waals surface area contributed by atoms with Gasteiger partial charge in [0.05, 0.1) is 10.6 Å². The summed E-state index contributed by atoms with van der Waals surface area (Å²) in [4.78, 5) is 29.4. The third kappa shape index (κ3) is 8.68. The number of nitrogens with zero attached hydrogens (tertiary/aromatic N) is 2. The predicted molar refractivity (Wildman–Crippen MR) is 153 cm³/mol. The summed E-state index contributed by atoms with van der Waals surface area (Å²) >= 11 is 13.9. The van der Waals surface area contributed by atoms with Gasteiger partial charge in [-0.3, -0.25) is 9.69 Å². The largest absolute Gasteiger partial charge is 0.444 e. The quantitative estimate of drug-likeness (QED) is 0.310. The molecular formula is C28H34Cl2F3N3O3S. The van der Waals surface area contributed by atoms with Crippen molar-refractivity contribution < 1.29 is 27.5 Å². The molecule has 1 N–H and O–H groups in total. The maximum Gasteiger partial charge on any atom is 0.416 e. The van der Waals surface area contributed by atoms with Crippen molar-refractivity contribution >= 4 is 47.0 Å². The van der Waals surface area contributed by atoms with Gasteiger partial charge in [0.1, 0.15) is 5.60 Å². The highest BCUT2D eigenvalue weighted by molar-refractivity contribution is 7.99. The molecule has 12 heteroatoms. The van der Waals surface area contributed by atoms with Gasteiger partial charge in [-0.05, 0) is 68.3 Å². The highest BCUT2D eigenvalue weighted by Crippen LogP contribution is 2.35. The maximum absolute atomic E-state index is 14.1. The van der Waals surface area contributed by atoms with E-state index in [0.717, 1.165) is 16.7 Å². The molecule has 1 unspecified atom stereocenters. The third-order valence-electron chi connectivity index (χ3n) is 6.36. The molecule has 0 aliphatic carbocycles. The lowest BCUT2D eigenvalue weighted by Crippen LogP contribution is -2.42. The Bertz CT molecular complexity index is 1240. The normalized spacial score (nSPS) is 16.2.